The van der Waals surface area contributed by atoms with Crippen molar-refractivity contribution in [3.05, 3.63) is 58.9 Å². The Balaban J connectivity index is 1.82. The molecule has 0 radical (unpaired) electrons. The van der Waals surface area contributed by atoms with Gasteiger partial charge in [0.2, 0.25) is 5.82 Å². The minimum atomic E-state index is -4.74. The monoisotopic (exact) mass is 386 g/mol. The highest BCUT2D eigenvalue weighted by molar-refractivity contribution is 6.12. The van der Waals surface area contributed by atoms with Crippen molar-refractivity contribution in [1.82, 2.24) is 15.2 Å². The molecule has 1 aliphatic heterocycles. The van der Waals surface area contributed by atoms with E-state index in [0.29, 0.717) is 40.1 Å². The molecule has 0 N–H and O–H groups in total. The van der Waals surface area contributed by atoms with Crippen LogP contribution in [0.3, 0.4) is 0 Å². The van der Waals surface area contributed by atoms with E-state index in [1.54, 1.807) is 6.07 Å². The number of aromatic nitrogens is 3. The standard InChI is InChI=1S/C20H17F3N4O/c1-11-5-4-6-15-16(11)26-27-18(24-15)17-14-8-7-13(28-20(21,22)23)9-12(14)10-19(2,3)25-17/h4-9H,10H2,1-3H3. The van der Waals surface area contributed by atoms with Crippen molar-refractivity contribution < 1.29 is 17.9 Å². The zero-order chi connectivity index (χ0) is 20.1. The molecule has 144 valence electrons. The number of halogens is 3. The molecule has 0 aliphatic carbocycles. The largest absolute Gasteiger partial charge is 0.573 e. The second kappa shape index (κ2) is 6.25. The SMILES string of the molecule is Cc1cccc2nc(C3=NC(C)(C)Cc4cc(OC(F)(F)F)ccc43)nnc12. The lowest BCUT2D eigenvalue weighted by Crippen LogP contribution is -2.30. The summed E-state index contributed by atoms with van der Waals surface area (Å²) in [5.41, 5.74) is 3.73. The number of hydrogen-bond donors (Lipinski definition) is 0. The molecule has 2 aromatic carbocycles. The molecule has 0 atom stereocenters. The van der Waals surface area contributed by atoms with Crippen molar-refractivity contribution in [2.45, 2.75) is 39.1 Å². The molecule has 5 nitrogen and oxygen atoms in total. The molecule has 4 rings (SSSR count). The van der Waals surface area contributed by atoms with Gasteiger partial charge in [0.05, 0.1) is 11.1 Å². The van der Waals surface area contributed by atoms with Gasteiger partial charge in [-0.2, -0.15) is 0 Å². The van der Waals surface area contributed by atoms with Gasteiger partial charge in [-0.3, -0.25) is 4.99 Å². The fourth-order valence-corrected chi connectivity index (χ4v) is 3.38. The van der Waals surface area contributed by atoms with Crippen molar-refractivity contribution in [3.8, 4) is 5.75 Å². The molecule has 0 saturated carbocycles. The summed E-state index contributed by atoms with van der Waals surface area (Å²) >= 11 is 0. The summed E-state index contributed by atoms with van der Waals surface area (Å²) in [6.07, 6.45) is -4.26. The third-order valence-corrected chi connectivity index (χ3v) is 4.50. The predicted molar refractivity (Wildman–Crippen MR) is 98.6 cm³/mol. The summed E-state index contributed by atoms with van der Waals surface area (Å²) < 4.78 is 41.8. The van der Waals surface area contributed by atoms with Crippen molar-refractivity contribution in [2.24, 2.45) is 4.99 Å². The van der Waals surface area contributed by atoms with Crippen LogP contribution < -0.4 is 4.74 Å². The van der Waals surface area contributed by atoms with E-state index in [4.69, 9.17) is 4.99 Å². The van der Waals surface area contributed by atoms with Gasteiger partial charge in [0, 0.05) is 5.56 Å². The number of ether oxygens (including phenoxy) is 1. The zero-order valence-corrected chi connectivity index (χ0v) is 15.5. The van der Waals surface area contributed by atoms with Crippen LogP contribution in [0.2, 0.25) is 0 Å². The Kier molecular flexibility index (Phi) is 4.10. The van der Waals surface area contributed by atoms with Gasteiger partial charge >= 0.3 is 6.36 Å². The van der Waals surface area contributed by atoms with Gasteiger partial charge < -0.3 is 4.74 Å². The molecule has 0 amide bonds. The van der Waals surface area contributed by atoms with Gasteiger partial charge in [-0.05, 0) is 62.6 Å². The van der Waals surface area contributed by atoms with E-state index in [-0.39, 0.29) is 5.75 Å². The summed E-state index contributed by atoms with van der Waals surface area (Å²) in [6, 6.07) is 9.90. The predicted octanol–water partition coefficient (Wildman–Crippen LogP) is 4.40. The Labute approximate surface area is 159 Å². The van der Waals surface area contributed by atoms with Crippen molar-refractivity contribution in [3.63, 3.8) is 0 Å². The molecule has 0 saturated heterocycles. The quantitative estimate of drug-likeness (QED) is 0.655. The first-order chi connectivity index (χ1) is 13.1. The van der Waals surface area contributed by atoms with Gasteiger partial charge in [0.15, 0.2) is 0 Å². The normalized spacial score (nSPS) is 15.9. The smallest absolute Gasteiger partial charge is 0.406 e. The molecule has 0 bridgehead atoms. The van der Waals surface area contributed by atoms with Crippen LogP contribution in [-0.2, 0) is 6.42 Å². The first-order valence-corrected chi connectivity index (χ1v) is 8.71. The van der Waals surface area contributed by atoms with E-state index in [1.807, 2.05) is 39.0 Å². The minimum Gasteiger partial charge on any atom is -0.406 e. The van der Waals surface area contributed by atoms with Crippen molar-refractivity contribution in [1.29, 1.82) is 0 Å². The van der Waals surface area contributed by atoms with Crippen molar-refractivity contribution >= 4 is 16.7 Å². The van der Waals surface area contributed by atoms with E-state index < -0.39 is 11.9 Å². The lowest BCUT2D eigenvalue weighted by molar-refractivity contribution is -0.274. The molecule has 2 heterocycles. The number of alkyl halides is 3. The van der Waals surface area contributed by atoms with Crippen LogP contribution in [0.1, 0.15) is 36.4 Å². The fourth-order valence-electron chi connectivity index (χ4n) is 3.38. The van der Waals surface area contributed by atoms with E-state index in [9.17, 15) is 13.2 Å². The number of benzene rings is 2. The molecule has 8 heteroatoms. The fraction of sp³-hybridized carbons (Fsp3) is 0.300. The highest BCUT2D eigenvalue weighted by atomic mass is 19.4. The molecule has 0 unspecified atom stereocenters. The Morgan fingerprint density at radius 3 is 2.61 bits per heavy atom. The first-order valence-electron chi connectivity index (χ1n) is 8.71. The minimum absolute atomic E-state index is 0.253. The van der Waals surface area contributed by atoms with Crippen LogP contribution in [0, 0.1) is 6.92 Å². The lowest BCUT2D eigenvalue weighted by Gasteiger charge is -2.28. The second-order valence-corrected chi connectivity index (χ2v) is 7.39. The zero-order valence-electron chi connectivity index (χ0n) is 15.5. The molecule has 1 aliphatic rings. The molecule has 0 fully saturated rings. The third kappa shape index (κ3) is 3.54. The number of aryl methyl sites for hydroxylation is 1. The van der Waals surface area contributed by atoms with Gasteiger partial charge in [-0.1, -0.05) is 12.1 Å². The number of rotatable bonds is 2. The average Bonchev–Trinajstić information content (AvgIpc) is 2.58. The molecule has 28 heavy (non-hydrogen) atoms. The maximum atomic E-state index is 12.6. The van der Waals surface area contributed by atoms with E-state index >= 15 is 0 Å². The van der Waals surface area contributed by atoms with Crippen LogP contribution in [0.4, 0.5) is 13.2 Å². The first kappa shape index (κ1) is 18.3. The van der Waals surface area contributed by atoms with Crippen LogP contribution in [0.5, 0.6) is 5.75 Å². The highest BCUT2D eigenvalue weighted by Gasteiger charge is 2.33. The van der Waals surface area contributed by atoms with E-state index in [1.165, 1.54) is 12.1 Å². The third-order valence-electron chi connectivity index (χ3n) is 4.50. The second-order valence-electron chi connectivity index (χ2n) is 7.39. The van der Waals surface area contributed by atoms with Gasteiger partial charge in [0.25, 0.3) is 0 Å². The number of aliphatic imine (C=N–C) groups is 1. The van der Waals surface area contributed by atoms with Crippen LogP contribution in [-0.4, -0.2) is 32.8 Å². The summed E-state index contributed by atoms with van der Waals surface area (Å²) in [5, 5.41) is 8.51. The summed E-state index contributed by atoms with van der Waals surface area (Å²) in [4.78, 5) is 9.34. The lowest BCUT2D eigenvalue weighted by atomic mass is 9.86. The van der Waals surface area contributed by atoms with E-state index in [2.05, 4.69) is 19.9 Å². The molecule has 0 spiro atoms. The molecular formula is C20H17F3N4O. The van der Waals surface area contributed by atoms with E-state index in [0.717, 1.165) is 5.56 Å². The summed E-state index contributed by atoms with van der Waals surface area (Å²) in [6.45, 7) is 5.74. The Hall–Kier alpha value is -3.03. The summed E-state index contributed by atoms with van der Waals surface area (Å²) in [5.74, 6) is 0.0908. The topological polar surface area (TPSA) is 60.3 Å². The van der Waals surface area contributed by atoms with Crippen LogP contribution in [0.25, 0.3) is 11.0 Å². The number of hydrogen-bond acceptors (Lipinski definition) is 5. The average molecular weight is 386 g/mol. The maximum absolute atomic E-state index is 12.6. The Morgan fingerprint density at radius 1 is 1.07 bits per heavy atom. The maximum Gasteiger partial charge on any atom is 0.573 e. The summed E-state index contributed by atoms with van der Waals surface area (Å²) in [7, 11) is 0. The van der Waals surface area contributed by atoms with Gasteiger partial charge in [-0.25, -0.2) is 4.98 Å². The molecule has 3 aromatic rings. The number of nitrogens with zero attached hydrogens (tertiary/aromatic N) is 4. The van der Waals surface area contributed by atoms with Crippen LogP contribution >= 0.6 is 0 Å². The van der Waals surface area contributed by atoms with Crippen molar-refractivity contribution in [2.75, 3.05) is 0 Å². The number of fused-ring (bicyclic) bond motifs is 2. The van der Waals surface area contributed by atoms with Gasteiger partial charge in [0.1, 0.15) is 17.0 Å². The molecule has 1 aromatic heterocycles. The molecular weight excluding hydrogens is 369 g/mol. The van der Waals surface area contributed by atoms with Gasteiger partial charge in [-0.15, -0.1) is 23.4 Å². The van der Waals surface area contributed by atoms with Crippen LogP contribution in [0.15, 0.2) is 41.4 Å². The highest BCUT2D eigenvalue weighted by Crippen LogP contribution is 2.33. The Morgan fingerprint density at radius 2 is 1.86 bits per heavy atom. The Bertz CT molecular complexity index is 1110.